The van der Waals surface area contributed by atoms with Crippen molar-refractivity contribution in [2.45, 2.75) is 270 Å². The number of unbranched alkanes of at least 4 members (excludes halogenated alkanes) is 27. The van der Waals surface area contributed by atoms with Crippen LogP contribution in [0.15, 0.2) is 72.9 Å². The molecule has 0 heterocycles. The Labute approximate surface area is 444 Å². The summed E-state index contributed by atoms with van der Waals surface area (Å²) in [5.41, 5.74) is 0. The Morgan fingerprint density at radius 2 is 0.889 bits per heavy atom. The summed E-state index contributed by atoms with van der Waals surface area (Å²) >= 11 is 0. The highest BCUT2D eigenvalue weighted by Crippen LogP contribution is 2.38. The van der Waals surface area contributed by atoms with Crippen molar-refractivity contribution in [1.29, 1.82) is 0 Å². The van der Waals surface area contributed by atoms with Crippen LogP contribution in [0.4, 0.5) is 0 Å². The molecule has 1 N–H and O–H groups in total. The molecule has 0 saturated heterocycles. The molecule has 0 aliphatic carbocycles. The zero-order valence-electron chi connectivity index (χ0n) is 47.6. The number of ether oxygens (including phenoxy) is 1. The minimum Gasteiger partial charge on any atom is -0.756 e. The molecule has 3 unspecified atom stereocenters. The first-order valence-corrected chi connectivity index (χ1v) is 31.2. The van der Waals surface area contributed by atoms with Crippen LogP contribution in [0.3, 0.4) is 0 Å². The van der Waals surface area contributed by atoms with Gasteiger partial charge in [-0.2, -0.15) is 0 Å². The lowest BCUT2D eigenvalue weighted by Crippen LogP contribution is -2.47. The van der Waals surface area contributed by atoms with Gasteiger partial charge in [0.15, 0.2) is 0 Å². The maximum Gasteiger partial charge on any atom is 0.306 e. The predicted octanol–water partition coefficient (Wildman–Crippen LogP) is 17.4. The lowest BCUT2D eigenvalue weighted by atomic mass is 10.0. The highest BCUT2D eigenvalue weighted by molar-refractivity contribution is 7.45. The number of allylic oxidation sites excluding steroid dienone is 11. The van der Waals surface area contributed by atoms with Gasteiger partial charge in [0, 0.05) is 12.8 Å². The van der Waals surface area contributed by atoms with Crippen molar-refractivity contribution in [3.05, 3.63) is 72.9 Å². The average molecular weight is 1030 g/mol. The summed E-state index contributed by atoms with van der Waals surface area (Å²) in [6, 6.07) is -0.902. The minimum atomic E-state index is -4.70. The number of phosphoric ester groups is 1. The largest absolute Gasteiger partial charge is 0.756 e. The van der Waals surface area contributed by atoms with Gasteiger partial charge in [0.25, 0.3) is 7.82 Å². The third-order valence-electron chi connectivity index (χ3n) is 12.9. The van der Waals surface area contributed by atoms with Crippen molar-refractivity contribution in [3.8, 4) is 0 Å². The Morgan fingerprint density at radius 3 is 1.35 bits per heavy atom. The molecule has 0 spiro atoms. The number of nitrogens with one attached hydrogen (secondary N) is 1. The highest BCUT2D eigenvalue weighted by atomic mass is 31.2. The summed E-state index contributed by atoms with van der Waals surface area (Å²) in [6.07, 6.45) is 65.8. The van der Waals surface area contributed by atoms with Crippen molar-refractivity contribution in [1.82, 2.24) is 5.32 Å². The molecule has 10 heteroatoms. The molecule has 0 bridgehead atoms. The lowest BCUT2D eigenvalue weighted by Gasteiger charge is -2.30. The van der Waals surface area contributed by atoms with Crippen molar-refractivity contribution >= 4 is 19.7 Å². The molecule has 0 aromatic rings. The molecule has 0 aliphatic rings. The predicted molar refractivity (Wildman–Crippen MR) is 307 cm³/mol. The second kappa shape index (κ2) is 51.9. The van der Waals surface area contributed by atoms with E-state index >= 15 is 0 Å². The topological polar surface area (TPSA) is 114 Å². The van der Waals surface area contributed by atoms with Gasteiger partial charge in [-0.25, -0.2) is 0 Å². The van der Waals surface area contributed by atoms with E-state index in [2.05, 4.69) is 86.8 Å². The van der Waals surface area contributed by atoms with Crippen LogP contribution < -0.4 is 10.2 Å². The maximum atomic E-state index is 13.5. The van der Waals surface area contributed by atoms with E-state index in [1.165, 1.54) is 128 Å². The monoisotopic (exact) mass is 1030 g/mol. The fourth-order valence-corrected chi connectivity index (χ4v) is 9.04. The van der Waals surface area contributed by atoms with Gasteiger partial charge >= 0.3 is 5.97 Å². The smallest absolute Gasteiger partial charge is 0.306 e. The van der Waals surface area contributed by atoms with Gasteiger partial charge in [-0.15, -0.1) is 0 Å². The van der Waals surface area contributed by atoms with Crippen LogP contribution in [0.5, 0.6) is 0 Å². The van der Waals surface area contributed by atoms with Crippen LogP contribution in [0, 0.1) is 0 Å². The number of carbonyl (C=O) groups excluding carboxylic acids is 2. The summed E-state index contributed by atoms with van der Waals surface area (Å²) in [7, 11) is 1.16. The number of likely N-dealkylation sites (N-methyl/N-ethyl adjacent to an activating group) is 1. The number of phosphoric acid groups is 1. The molecule has 0 rings (SSSR count). The molecule has 72 heavy (non-hydrogen) atoms. The van der Waals surface area contributed by atoms with E-state index in [1.54, 1.807) is 0 Å². The zero-order chi connectivity index (χ0) is 52.9. The van der Waals surface area contributed by atoms with E-state index in [-0.39, 0.29) is 24.9 Å². The zero-order valence-corrected chi connectivity index (χ0v) is 48.5. The Kier molecular flexibility index (Phi) is 50.1. The van der Waals surface area contributed by atoms with Gasteiger partial charge < -0.3 is 28.5 Å². The lowest BCUT2D eigenvalue weighted by molar-refractivity contribution is -0.870. The summed E-state index contributed by atoms with van der Waals surface area (Å²) in [5.74, 6) is -0.575. The summed E-state index contributed by atoms with van der Waals surface area (Å²) < 4.78 is 30.2. The molecule has 0 fully saturated rings. The first-order chi connectivity index (χ1) is 34.9. The average Bonchev–Trinajstić information content (AvgIpc) is 3.34. The van der Waals surface area contributed by atoms with Gasteiger partial charge in [0.05, 0.1) is 33.8 Å². The highest BCUT2D eigenvalue weighted by Gasteiger charge is 2.27. The van der Waals surface area contributed by atoms with E-state index < -0.39 is 26.6 Å². The molecular formula is C62H113N2O7P. The normalized spacial score (nSPS) is 14.3. The molecule has 418 valence electrons. The number of quaternary nitrogens is 1. The van der Waals surface area contributed by atoms with E-state index in [0.717, 1.165) is 89.9 Å². The van der Waals surface area contributed by atoms with Crippen LogP contribution in [-0.2, 0) is 27.9 Å². The number of carbonyl (C=O) groups is 2. The van der Waals surface area contributed by atoms with E-state index in [9.17, 15) is 19.0 Å². The van der Waals surface area contributed by atoms with Gasteiger partial charge in [-0.1, -0.05) is 242 Å². The quantitative estimate of drug-likeness (QED) is 0.0212. The van der Waals surface area contributed by atoms with Crippen LogP contribution in [-0.4, -0.2) is 69.4 Å². The van der Waals surface area contributed by atoms with Crippen LogP contribution in [0.1, 0.15) is 258 Å². The second-order valence-corrected chi connectivity index (χ2v) is 22.5. The Morgan fingerprint density at radius 1 is 0.500 bits per heavy atom. The molecule has 3 atom stereocenters. The summed E-state index contributed by atoms with van der Waals surface area (Å²) in [4.78, 5) is 39.9. The Hall–Kier alpha value is -2.55. The summed E-state index contributed by atoms with van der Waals surface area (Å²) in [6.45, 7) is 6.71. The molecule has 0 radical (unpaired) electrons. The van der Waals surface area contributed by atoms with Gasteiger partial charge in [0.2, 0.25) is 5.91 Å². The number of hydrogen-bond donors (Lipinski definition) is 1. The number of esters is 1. The first-order valence-electron chi connectivity index (χ1n) is 29.7. The first kappa shape index (κ1) is 69.5. The van der Waals surface area contributed by atoms with Crippen LogP contribution in [0.25, 0.3) is 0 Å². The molecule has 1 amide bonds. The molecule has 0 aliphatic heterocycles. The van der Waals surface area contributed by atoms with E-state index in [4.69, 9.17) is 13.8 Å². The van der Waals surface area contributed by atoms with Crippen molar-refractivity contribution in [2.24, 2.45) is 0 Å². The second-order valence-electron chi connectivity index (χ2n) is 21.1. The molecule has 0 aromatic carbocycles. The SMILES string of the molecule is CC/C=C\C/C=C\C/C=C\C/C=C\C/C=C\CCCCCC(=O)OC(/C=C/CCCCCCCCCCCC)C(COP(=O)([O-])OCC[N+](C)(C)C)NC(=O)CCCCCCCCCCCCCCCCC. The third-order valence-corrected chi connectivity index (χ3v) is 13.9. The van der Waals surface area contributed by atoms with Gasteiger partial charge in [-0.05, 0) is 76.7 Å². The van der Waals surface area contributed by atoms with E-state index in [1.807, 2.05) is 33.3 Å². The van der Waals surface area contributed by atoms with Crippen molar-refractivity contribution < 1.29 is 37.3 Å². The fraction of sp³-hybridized carbons (Fsp3) is 0.774. The minimum absolute atomic E-state index is 0.0290. The van der Waals surface area contributed by atoms with E-state index in [0.29, 0.717) is 23.9 Å². The maximum absolute atomic E-state index is 13.5. The molecule has 9 nitrogen and oxygen atoms in total. The van der Waals surface area contributed by atoms with Crippen LogP contribution in [0.2, 0.25) is 0 Å². The van der Waals surface area contributed by atoms with Crippen LogP contribution >= 0.6 is 7.82 Å². The van der Waals surface area contributed by atoms with Crippen molar-refractivity contribution in [3.63, 3.8) is 0 Å². The summed E-state index contributed by atoms with van der Waals surface area (Å²) in [5, 5.41) is 3.02. The molecular weight excluding hydrogens is 916 g/mol. The van der Waals surface area contributed by atoms with Gasteiger partial charge in [-0.3, -0.25) is 14.2 Å². The molecule has 0 aromatic heterocycles. The number of amides is 1. The number of hydrogen-bond acceptors (Lipinski definition) is 7. The molecule has 0 saturated carbocycles. The van der Waals surface area contributed by atoms with Crippen molar-refractivity contribution in [2.75, 3.05) is 40.9 Å². The third kappa shape index (κ3) is 52.3. The number of nitrogens with zero attached hydrogens (tertiary/aromatic N) is 1. The standard InChI is InChI=1S/C62H113N2O7P/c1-7-10-13-16-19-22-25-28-30-31-32-33-35-37-40-43-46-49-52-55-62(66)71-60(53-50-47-44-41-38-27-24-21-18-15-12-9-3)59(58-70-72(67,68)69-57-56-64(4,5)6)63-61(65)54-51-48-45-42-39-36-34-29-26-23-20-17-14-11-8-2/h10,13,19,22,28,30,32-33,37,40,50,53,59-60H,7-9,11-12,14-18,20-21,23-27,29,31,34-36,38-39,41-49,51-52,54-58H2,1-6H3,(H-,63,65,67,68)/b13-10-,22-19-,30-28-,33-32-,40-37-,53-50+. The Balaban J connectivity index is 5.36. The van der Waals surface area contributed by atoms with Gasteiger partial charge in [0.1, 0.15) is 19.3 Å². The number of rotatable bonds is 53. The Bertz CT molecular complexity index is 1460. The fourth-order valence-electron chi connectivity index (χ4n) is 8.31.